The molecule has 0 amide bonds. The van der Waals surface area contributed by atoms with Crippen molar-refractivity contribution in [1.29, 1.82) is 0 Å². The maximum absolute atomic E-state index is 12.4. The third-order valence-corrected chi connectivity index (χ3v) is 4.11. The molecule has 0 aliphatic heterocycles. The number of alkyl halides is 2. The Bertz CT molecular complexity index is 551. The van der Waals surface area contributed by atoms with Gasteiger partial charge in [0.25, 0.3) is 0 Å². The molecule has 2 rings (SSSR count). The van der Waals surface area contributed by atoms with E-state index < -0.39 is 6.61 Å². The highest BCUT2D eigenvalue weighted by Crippen LogP contribution is 2.25. The first kappa shape index (κ1) is 15.3. The summed E-state index contributed by atoms with van der Waals surface area (Å²) in [6.45, 7) is -0.432. The molecular weight excluding hydrogens is 350 g/mol. The van der Waals surface area contributed by atoms with E-state index in [0.717, 1.165) is 9.48 Å². The van der Waals surface area contributed by atoms with Crippen LogP contribution in [0.1, 0.15) is 23.5 Å². The Morgan fingerprint density at radius 1 is 1.45 bits per heavy atom. The van der Waals surface area contributed by atoms with Gasteiger partial charge in [0.15, 0.2) is 0 Å². The smallest absolute Gasteiger partial charge is 0.387 e. The summed E-state index contributed by atoms with van der Waals surface area (Å²) in [6.07, 6.45) is 1.74. The second-order valence-electron chi connectivity index (χ2n) is 4.10. The molecule has 20 heavy (non-hydrogen) atoms. The lowest BCUT2D eigenvalue weighted by molar-refractivity contribution is -0.0505. The molecule has 0 saturated heterocycles. The van der Waals surface area contributed by atoms with Crippen LogP contribution in [0.4, 0.5) is 8.78 Å². The van der Waals surface area contributed by atoms with E-state index in [2.05, 4.69) is 31.0 Å². The molecule has 3 nitrogen and oxygen atoms in total. The van der Waals surface area contributed by atoms with Crippen LogP contribution >= 0.6 is 27.3 Å². The number of nitrogens with zero attached hydrogens (tertiary/aromatic N) is 1. The number of nitrogens with one attached hydrogen (secondary N) is 1. The lowest BCUT2D eigenvalue weighted by atomic mass is 10.2. The summed E-state index contributed by atoms with van der Waals surface area (Å²) in [5, 5.41) is 6.10. The van der Waals surface area contributed by atoms with E-state index in [0.29, 0.717) is 12.1 Å². The molecule has 0 fully saturated rings. The van der Waals surface area contributed by atoms with Gasteiger partial charge in [0.2, 0.25) is 0 Å². The Labute approximate surface area is 128 Å². The Morgan fingerprint density at radius 2 is 2.25 bits per heavy atom. The van der Waals surface area contributed by atoms with E-state index in [1.165, 1.54) is 6.07 Å². The molecule has 0 spiro atoms. The van der Waals surface area contributed by atoms with Gasteiger partial charge in [-0.2, -0.15) is 8.78 Å². The molecule has 1 aromatic heterocycles. The highest BCUT2D eigenvalue weighted by atomic mass is 79.9. The number of hydrogen-bond acceptors (Lipinski definition) is 4. The van der Waals surface area contributed by atoms with Crippen molar-refractivity contribution < 1.29 is 13.5 Å². The van der Waals surface area contributed by atoms with Gasteiger partial charge in [-0.1, -0.05) is 15.9 Å². The Kier molecular flexibility index (Phi) is 5.45. The normalized spacial score (nSPS) is 12.7. The van der Waals surface area contributed by atoms with Crippen molar-refractivity contribution >= 4 is 27.3 Å². The van der Waals surface area contributed by atoms with Crippen LogP contribution in [0.3, 0.4) is 0 Å². The topological polar surface area (TPSA) is 34.1 Å². The Hall–Kier alpha value is -1.05. The van der Waals surface area contributed by atoms with Gasteiger partial charge in [0.05, 0.1) is 6.04 Å². The summed E-state index contributed by atoms with van der Waals surface area (Å²) >= 11 is 4.88. The number of ether oxygens (including phenoxy) is 1. The number of halogens is 3. The van der Waals surface area contributed by atoms with Crippen molar-refractivity contribution in [1.82, 2.24) is 10.3 Å². The largest absolute Gasteiger partial charge is 0.434 e. The molecule has 0 aliphatic rings. The van der Waals surface area contributed by atoms with E-state index in [1.54, 1.807) is 29.7 Å². The monoisotopic (exact) mass is 362 g/mol. The average Bonchev–Trinajstić information content (AvgIpc) is 2.92. The van der Waals surface area contributed by atoms with Crippen LogP contribution in [0.2, 0.25) is 0 Å². The SMILES string of the molecule is CC(NCc1cc(Br)ccc1OC(F)F)c1nccs1. The van der Waals surface area contributed by atoms with E-state index in [-0.39, 0.29) is 11.8 Å². The van der Waals surface area contributed by atoms with Crippen molar-refractivity contribution in [3.05, 3.63) is 44.8 Å². The summed E-state index contributed by atoms with van der Waals surface area (Å²) in [6, 6.07) is 5.01. The lowest BCUT2D eigenvalue weighted by Crippen LogP contribution is -2.18. The van der Waals surface area contributed by atoms with Gasteiger partial charge in [-0.15, -0.1) is 11.3 Å². The first-order valence-electron chi connectivity index (χ1n) is 5.92. The average molecular weight is 363 g/mol. The molecule has 0 radical (unpaired) electrons. The second kappa shape index (κ2) is 7.10. The molecule has 0 bridgehead atoms. The number of rotatable bonds is 6. The summed E-state index contributed by atoms with van der Waals surface area (Å²) < 4.78 is 30.1. The first-order valence-corrected chi connectivity index (χ1v) is 7.59. The molecule has 0 aliphatic carbocycles. The molecular formula is C13H13BrF2N2OS. The lowest BCUT2D eigenvalue weighted by Gasteiger charge is -2.15. The third kappa shape index (κ3) is 4.22. The molecule has 108 valence electrons. The highest BCUT2D eigenvalue weighted by Gasteiger charge is 2.12. The van der Waals surface area contributed by atoms with Crippen LogP contribution in [-0.4, -0.2) is 11.6 Å². The van der Waals surface area contributed by atoms with Crippen LogP contribution in [0.25, 0.3) is 0 Å². The fourth-order valence-electron chi connectivity index (χ4n) is 1.70. The van der Waals surface area contributed by atoms with E-state index in [4.69, 9.17) is 0 Å². The molecule has 7 heteroatoms. The second-order valence-corrected chi connectivity index (χ2v) is 5.95. The zero-order valence-corrected chi connectivity index (χ0v) is 13.0. The summed E-state index contributed by atoms with van der Waals surface area (Å²) in [5.41, 5.74) is 0.670. The Morgan fingerprint density at radius 3 is 2.90 bits per heavy atom. The van der Waals surface area contributed by atoms with E-state index in [1.807, 2.05) is 12.3 Å². The van der Waals surface area contributed by atoms with Gasteiger partial charge in [-0.05, 0) is 25.1 Å². The van der Waals surface area contributed by atoms with Crippen molar-refractivity contribution in [3.63, 3.8) is 0 Å². The van der Waals surface area contributed by atoms with Crippen molar-refractivity contribution in [3.8, 4) is 5.75 Å². The van der Waals surface area contributed by atoms with Crippen LogP contribution in [-0.2, 0) is 6.54 Å². The van der Waals surface area contributed by atoms with Crippen molar-refractivity contribution in [2.45, 2.75) is 26.1 Å². The molecule has 1 N–H and O–H groups in total. The zero-order valence-electron chi connectivity index (χ0n) is 10.6. The van der Waals surface area contributed by atoms with Gasteiger partial charge in [-0.25, -0.2) is 4.98 Å². The van der Waals surface area contributed by atoms with Crippen LogP contribution in [0.5, 0.6) is 5.75 Å². The van der Waals surface area contributed by atoms with Crippen LogP contribution in [0, 0.1) is 0 Å². The van der Waals surface area contributed by atoms with E-state index in [9.17, 15) is 8.78 Å². The number of aromatic nitrogens is 1. The molecule has 1 unspecified atom stereocenters. The van der Waals surface area contributed by atoms with Gasteiger partial charge >= 0.3 is 6.61 Å². The maximum atomic E-state index is 12.4. The molecule has 1 heterocycles. The van der Waals surface area contributed by atoms with Gasteiger partial charge in [0.1, 0.15) is 10.8 Å². The standard InChI is InChI=1S/C13H13BrF2N2OS/c1-8(12-17-4-5-20-12)18-7-9-6-10(14)2-3-11(9)19-13(15)16/h2-6,8,13,18H,7H2,1H3. The predicted molar refractivity (Wildman–Crippen MR) is 78.1 cm³/mol. The maximum Gasteiger partial charge on any atom is 0.387 e. The minimum absolute atomic E-state index is 0.0494. The van der Waals surface area contributed by atoms with Gasteiger partial charge in [0, 0.05) is 28.2 Å². The fourth-order valence-corrected chi connectivity index (χ4v) is 2.77. The van der Waals surface area contributed by atoms with Crippen molar-refractivity contribution in [2.24, 2.45) is 0 Å². The zero-order chi connectivity index (χ0) is 14.5. The molecule has 1 atom stereocenters. The van der Waals surface area contributed by atoms with Crippen molar-refractivity contribution in [2.75, 3.05) is 0 Å². The van der Waals surface area contributed by atoms with Gasteiger partial charge < -0.3 is 10.1 Å². The Balaban J connectivity index is 2.06. The number of thiazole rings is 1. The third-order valence-electron chi connectivity index (χ3n) is 2.66. The van der Waals surface area contributed by atoms with Crippen LogP contribution in [0.15, 0.2) is 34.2 Å². The predicted octanol–water partition coefficient (Wildman–Crippen LogP) is 4.36. The highest BCUT2D eigenvalue weighted by molar-refractivity contribution is 9.10. The summed E-state index contributed by atoms with van der Waals surface area (Å²) in [5.74, 6) is 0.182. The van der Waals surface area contributed by atoms with Gasteiger partial charge in [-0.3, -0.25) is 0 Å². The van der Waals surface area contributed by atoms with E-state index >= 15 is 0 Å². The number of hydrogen-bond donors (Lipinski definition) is 1. The van der Waals surface area contributed by atoms with Crippen LogP contribution < -0.4 is 10.1 Å². The molecule has 1 aromatic carbocycles. The fraction of sp³-hybridized carbons (Fsp3) is 0.308. The minimum atomic E-state index is -2.83. The minimum Gasteiger partial charge on any atom is -0.434 e. The molecule has 2 aromatic rings. The first-order chi connectivity index (χ1) is 9.56. The summed E-state index contributed by atoms with van der Waals surface area (Å²) in [4.78, 5) is 4.21. The number of benzene rings is 1. The molecule has 0 saturated carbocycles. The summed E-state index contributed by atoms with van der Waals surface area (Å²) in [7, 11) is 0. The quantitative estimate of drug-likeness (QED) is 0.828.